The van der Waals surface area contributed by atoms with E-state index in [1.165, 1.54) is 87.8 Å². The lowest BCUT2D eigenvalue weighted by Crippen LogP contribution is -2.10. The summed E-state index contributed by atoms with van der Waals surface area (Å²) in [6.07, 6.45) is 3.18. The first-order chi connectivity index (χ1) is 24.8. The van der Waals surface area contributed by atoms with Crippen molar-refractivity contribution in [3.63, 3.8) is 0 Å². The lowest BCUT2D eigenvalue weighted by Gasteiger charge is -2.26. The molecular weight excluding hydrogens is 613 g/mol. The molecule has 0 radical (unpaired) electrons. The maximum atomic E-state index is 3.40. The Morgan fingerprint density at radius 1 is 0.471 bits per heavy atom. The summed E-state index contributed by atoms with van der Waals surface area (Å²) in [5, 5.41) is 10.2. The molecule has 0 saturated heterocycles. The smallest absolute Gasteiger partial charge is 0.0400 e. The molecule has 10 rings (SSSR count). The molecule has 1 aliphatic rings. The normalized spacial score (nSPS) is 13.9. The van der Waals surface area contributed by atoms with E-state index in [1.807, 2.05) is 6.07 Å². The van der Waals surface area contributed by atoms with Gasteiger partial charge in [-0.25, -0.2) is 0 Å². The van der Waals surface area contributed by atoms with Crippen molar-refractivity contribution in [3.8, 4) is 33.4 Å². The van der Waals surface area contributed by atoms with E-state index in [0.717, 1.165) is 24.6 Å². The van der Waals surface area contributed by atoms with Crippen LogP contribution in [0, 0.1) is 12.1 Å². The van der Waals surface area contributed by atoms with Crippen LogP contribution in [0.2, 0.25) is 0 Å². The maximum Gasteiger partial charge on any atom is 0.0400 e. The second-order valence-electron chi connectivity index (χ2n) is 13.8. The van der Waals surface area contributed by atoms with Gasteiger partial charge in [0.2, 0.25) is 0 Å². The third-order valence-corrected chi connectivity index (χ3v) is 11.0. The summed E-state index contributed by atoms with van der Waals surface area (Å²) >= 11 is 0. The van der Waals surface area contributed by atoms with E-state index in [1.54, 1.807) is 0 Å². The minimum atomic E-state index is 0. The summed E-state index contributed by atoms with van der Waals surface area (Å²) in [4.78, 5) is 0. The van der Waals surface area contributed by atoms with Crippen LogP contribution in [0.4, 0.5) is 0 Å². The second-order valence-corrected chi connectivity index (χ2v) is 13.8. The Balaban J connectivity index is 0.00000348. The molecule has 0 amide bonds. The van der Waals surface area contributed by atoms with Crippen LogP contribution < -0.4 is 0 Å². The van der Waals surface area contributed by atoms with Crippen LogP contribution in [0.25, 0.3) is 76.5 Å². The fourth-order valence-corrected chi connectivity index (χ4v) is 8.58. The summed E-state index contributed by atoms with van der Waals surface area (Å²) < 4.78 is 0. The average Bonchev–Trinajstić information content (AvgIpc) is 3.18. The van der Waals surface area contributed by atoms with E-state index < -0.39 is 0 Å². The molecule has 0 saturated carbocycles. The van der Waals surface area contributed by atoms with Gasteiger partial charge in [-0.2, -0.15) is 0 Å². The van der Waals surface area contributed by atoms with E-state index in [2.05, 4.69) is 170 Å². The number of rotatable bonds is 3. The minimum Gasteiger partial charge on any atom is -0.0776 e. The first kappa shape index (κ1) is 30.9. The van der Waals surface area contributed by atoms with Gasteiger partial charge in [0.05, 0.1) is 0 Å². The molecule has 0 nitrogen and oxygen atoms in total. The molecule has 9 aromatic rings. The van der Waals surface area contributed by atoms with E-state index in [-0.39, 0.29) is 7.43 Å². The predicted molar refractivity (Wildman–Crippen MR) is 218 cm³/mol. The van der Waals surface area contributed by atoms with Crippen LogP contribution in [-0.2, 0) is 12.8 Å². The zero-order valence-electron chi connectivity index (χ0n) is 27.8. The van der Waals surface area contributed by atoms with Crippen molar-refractivity contribution in [2.45, 2.75) is 32.6 Å². The quantitative estimate of drug-likeness (QED) is 0.167. The monoisotopic (exact) mass is 650 g/mol. The summed E-state index contributed by atoms with van der Waals surface area (Å²) in [6.45, 7) is 0. The molecule has 1 aliphatic carbocycles. The predicted octanol–water partition coefficient (Wildman–Crippen LogP) is 13.8. The topological polar surface area (TPSA) is 0 Å². The minimum absolute atomic E-state index is 0. The van der Waals surface area contributed by atoms with Crippen molar-refractivity contribution in [3.05, 3.63) is 193 Å². The molecule has 242 valence electrons. The summed E-state index contributed by atoms with van der Waals surface area (Å²) in [6, 6.07) is 67.4. The van der Waals surface area contributed by atoms with Crippen molar-refractivity contribution in [2.75, 3.05) is 0 Å². The summed E-state index contributed by atoms with van der Waals surface area (Å²) in [5.41, 5.74) is 12.1. The second kappa shape index (κ2) is 12.6. The lowest BCUT2D eigenvalue weighted by molar-refractivity contribution is 0.622. The number of aryl methyl sites for hydroxylation is 1. The molecule has 0 heteroatoms. The van der Waals surface area contributed by atoms with Crippen LogP contribution in [0.15, 0.2) is 164 Å². The number of benzene rings is 8. The molecular formula is C51H38. The molecule has 0 bridgehead atoms. The van der Waals surface area contributed by atoms with Crippen LogP contribution in [0.3, 0.4) is 0 Å². The molecule has 0 aromatic heterocycles. The first-order valence-corrected chi connectivity index (χ1v) is 17.7. The fraction of sp³-hybridized carbons (Fsp3) is 0.0980. The van der Waals surface area contributed by atoms with Crippen molar-refractivity contribution in [1.82, 2.24) is 0 Å². The third kappa shape index (κ3) is 5.26. The number of hydrogen-bond donors (Lipinski definition) is 0. The average molecular weight is 651 g/mol. The van der Waals surface area contributed by atoms with Gasteiger partial charge in [0, 0.05) is 5.39 Å². The van der Waals surface area contributed by atoms with Gasteiger partial charge in [0.1, 0.15) is 0 Å². The molecule has 0 spiro atoms. The van der Waals surface area contributed by atoms with Gasteiger partial charge < -0.3 is 0 Å². The van der Waals surface area contributed by atoms with Gasteiger partial charge in [0.15, 0.2) is 0 Å². The Morgan fingerprint density at radius 3 is 1.90 bits per heavy atom. The maximum absolute atomic E-state index is 3.40. The molecule has 0 heterocycles. The zero-order chi connectivity index (χ0) is 33.0. The largest absolute Gasteiger partial charge is 0.0776 e. The van der Waals surface area contributed by atoms with E-state index >= 15 is 0 Å². The van der Waals surface area contributed by atoms with Gasteiger partial charge >= 0.3 is 0 Å². The molecule has 0 aliphatic heterocycles. The van der Waals surface area contributed by atoms with E-state index in [4.69, 9.17) is 0 Å². The highest BCUT2D eigenvalue weighted by Gasteiger charge is 2.23. The number of hydrogen-bond acceptors (Lipinski definition) is 0. The Labute approximate surface area is 300 Å². The van der Waals surface area contributed by atoms with Gasteiger partial charge in [-0.05, 0) is 143 Å². The molecule has 0 N–H and O–H groups in total. The summed E-state index contributed by atoms with van der Waals surface area (Å²) in [7, 11) is 0. The highest BCUT2D eigenvalue weighted by atomic mass is 14.3. The highest BCUT2D eigenvalue weighted by molar-refractivity contribution is 6.13. The Bertz CT molecular complexity index is 2680. The zero-order valence-corrected chi connectivity index (χ0v) is 27.8. The van der Waals surface area contributed by atoms with Gasteiger partial charge in [0.25, 0.3) is 0 Å². The van der Waals surface area contributed by atoms with E-state index in [9.17, 15) is 0 Å². The molecule has 9 aromatic carbocycles. The SMILES string of the molecule is C.c1ccc2cc(C3CCc4ccccc4-c4cc(-c5ccc(-c6c7ccccc7cc7ccccc67)cc5)ccc4C3)c3ccccc3c2c#1. The molecule has 1 atom stereocenters. The first-order valence-electron chi connectivity index (χ1n) is 17.7. The van der Waals surface area contributed by atoms with E-state index in [0.29, 0.717) is 5.92 Å². The van der Waals surface area contributed by atoms with Crippen molar-refractivity contribution < 1.29 is 0 Å². The lowest BCUT2D eigenvalue weighted by atomic mass is 9.78. The highest BCUT2D eigenvalue weighted by Crippen LogP contribution is 2.42. The Kier molecular flexibility index (Phi) is 7.64. The van der Waals surface area contributed by atoms with Crippen LogP contribution in [0.1, 0.15) is 36.5 Å². The molecule has 51 heavy (non-hydrogen) atoms. The van der Waals surface area contributed by atoms with Gasteiger partial charge in [-0.15, -0.1) is 0 Å². The van der Waals surface area contributed by atoms with Crippen LogP contribution in [-0.4, -0.2) is 0 Å². The summed E-state index contributed by atoms with van der Waals surface area (Å²) in [5.74, 6) is 0.404. The van der Waals surface area contributed by atoms with Crippen LogP contribution >= 0.6 is 0 Å². The van der Waals surface area contributed by atoms with Crippen LogP contribution in [0.5, 0.6) is 0 Å². The van der Waals surface area contributed by atoms with Crippen molar-refractivity contribution in [2.24, 2.45) is 0 Å². The molecule has 0 fully saturated rings. The Hall–Kier alpha value is -6.16. The van der Waals surface area contributed by atoms with Crippen molar-refractivity contribution >= 4 is 43.1 Å². The fourth-order valence-electron chi connectivity index (χ4n) is 8.58. The van der Waals surface area contributed by atoms with Crippen molar-refractivity contribution in [1.29, 1.82) is 0 Å². The molecule has 1 unspecified atom stereocenters. The Morgan fingerprint density at radius 2 is 1.12 bits per heavy atom. The van der Waals surface area contributed by atoms with Gasteiger partial charge in [-0.1, -0.05) is 153 Å². The van der Waals surface area contributed by atoms with Gasteiger partial charge in [-0.3, -0.25) is 0 Å². The third-order valence-electron chi connectivity index (χ3n) is 11.0. The standard InChI is InChI=1S/C50H34.CH4/c1-5-15-42-34(11-1)23-27-41(49-32-39-14-2-6-16-43(39)46-19-9-10-20-47(46)49)30-40-28-26-36(31-48(40)42)33-21-24-35(25-22-33)50-44-17-7-3-12-37(44)29-38-13-4-8-18-45(38)50;/h1-5,7-15,17-22,24-26,28-29,31-32,41H,23,27,30H2;1H4. The number of fused-ring (bicyclic) bond motifs is 8.